The Labute approximate surface area is 209 Å². The Kier molecular flexibility index (Phi) is 11.0. The van der Waals surface area contributed by atoms with Crippen LogP contribution in [0.25, 0.3) is 0 Å². The average Bonchev–Trinajstić information content (AvgIpc) is 3.35. The Morgan fingerprint density at radius 3 is 2.11 bits per heavy atom. The first kappa shape index (κ1) is 28.5. The molecule has 196 valence electrons. The second-order valence-corrected chi connectivity index (χ2v) is 8.91. The number of aliphatic hydroxyl groups excluding tert-OH is 1. The molecule has 0 spiro atoms. The zero-order chi connectivity index (χ0) is 26.7. The largest absolute Gasteiger partial charge is 0.480 e. The summed E-state index contributed by atoms with van der Waals surface area (Å²) in [4.78, 5) is 57.0. The highest BCUT2D eigenvalue weighted by Gasteiger charge is 2.31. The number of aliphatic hydroxyl groups is 1. The van der Waals surface area contributed by atoms with Crippen LogP contribution in [0.1, 0.15) is 31.5 Å². The second kappa shape index (κ2) is 14.0. The highest BCUT2D eigenvalue weighted by atomic mass is 16.4. The van der Waals surface area contributed by atoms with Crippen LogP contribution in [0.15, 0.2) is 42.9 Å². The van der Waals surface area contributed by atoms with Crippen molar-refractivity contribution in [1.82, 2.24) is 25.9 Å². The van der Waals surface area contributed by atoms with E-state index in [-0.39, 0.29) is 25.2 Å². The molecule has 0 aliphatic rings. The Hall–Kier alpha value is -3.77. The van der Waals surface area contributed by atoms with Gasteiger partial charge in [-0.15, -0.1) is 0 Å². The first-order valence-electron chi connectivity index (χ1n) is 11.6. The van der Waals surface area contributed by atoms with Crippen LogP contribution in [0, 0.1) is 5.92 Å². The fourth-order valence-electron chi connectivity index (χ4n) is 3.48. The molecule has 8 N–H and O–H groups in total. The van der Waals surface area contributed by atoms with Crippen LogP contribution in [-0.4, -0.2) is 74.6 Å². The van der Waals surface area contributed by atoms with Gasteiger partial charge >= 0.3 is 5.97 Å². The lowest BCUT2D eigenvalue weighted by atomic mass is 10.0. The quantitative estimate of drug-likeness (QED) is 0.172. The van der Waals surface area contributed by atoms with E-state index < -0.39 is 54.5 Å². The molecule has 0 radical (unpaired) electrons. The molecule has 0 fully saturated rings. The van der Waals surface area contributed by atoms with Crippen LogP contribution in [0.3, 0.4) is 0 Å². The van der Waals surface area contributed by atoms with E-state index in [0.29, 0.717) is 5.69 Å². The number of aliphatic carboxylic acids is 1. The molecule has 12 heteroatoms. The summed E-state index contributed by atoms with van der Waals surface area (Å²) in [6, 6.07) is 4.32. The van der Waals surface area contributed by atoms with Crippen molar-refractivity contribution in [2.75, 3.05) is 6.61 Å². The number of hydrogen-bond donors (Lipinski definition) is 7. The maximum atomic E-state index is 13.2. The summed E-state index contributed by atoms with van der Waals surface area (Å²) in [6.45, 7) is 3.13. The van der Waals surface area contributed by atoms with Crippen LogP contribution in [0.2, 0.25) is 0 Å². The zero-order valence-electron chi connectivity index (χ0n) is 20.3. The molecule has 4 atom stereocenters. The number of rotatable bonds is 14. The number of amides is 3. The van der Waals surface area contributed by atoms with Gasteiger partial charge in [-0.05, 0) is 17.9 Å². The number of carbonyl (C=O) groups excluding carboxylic acids is 3. The topological polar surface area (TPSA) is 200 Å². The zero-order valence-corrected chi connectivity index (χ0v) is 20.3. The summed E-state index contributed by atoms with van der Waals surface area (Å²) in [7, 11) is 0. The van der Waals surface area contributed by atoms with Crippen LogP contribution in [0.5, 0.6) is 0 Å². The summed E-state index contributed by atoms with van der Waals surface area (Å²) in [5.41, 5.74) is 6.83. The number of nitrogens with two attached hydrogens (primary N) is 1. The van der Waals surface area contributed by atoms with Gasteiger partial charge in [-0.2, -0.15) is 0 Å². The van der Waals surface area contributed by atoms with Gasteiger partial charge < -0.3 is 36.9 Å². The Balaban J connectivity index is 2.23. The van der Waals surface area contributed by atoms with E-state index in [1.54, 1.807) is 30.3 Å². The SMILES string of the molecule is CC(C)CC(NC(=O)C(N)CO)C(=O)NC(Cc1ccccc1)C(=O)NC(Cc1cnc[nH]1)C(=O)O. The number of imidazole rings is 1. The van der Waals surface area contributed by atoms with E-state index >= 15 is 0 Å². The number of benzene rings is 1. The minimum Gasteiger partial charge on any atom is -0.480 e. The van der Waals surface area contributed by atoms with Crippen LogP contribution in [0.4, 0.5) is 0 Å². The summed E-state index contributed by atoms with van der Waals surface area (Å²) in [5, 5.41) is 26.4. The molecule has 36 heavy (non-hydrogen) atoms. The van der Waals surface area contributed by atoms with Crippen molar-refractivity contribution in [2.24, 2.45) is 11.7 Å². The van der Waals surface area contributed by atoms with Crippen molar-refractivity contribution >= 4 is 23.7 Å². The maximum absolute atomic E-state index is 13.2. The number of nitrogens with zero attached hydrogens (tertiary/aromatic N) is 1. The number of aromatic amines is 1. The lowest BCUT2D eigenvalue weighted by Crippen LogP contribution is -2.58. The Morgan fingerprint density at radius 1 is 0.944 bits per heavy atom. The Morgan fingerprint density at radius 2 is 1.56 bits per heavy atom. The summed E-state index contributed by atoms with van der Waals surface area (Å²) >= 11 is 0. The van der Waals surface area contributed by atoms with Gasteiger partial charge in [0.2, 0.25) is 17.7 Å². The first-order valence-corrected chi connectivity index (χ1v) is 11.6. The van der Waals surface area contributed by atoms with Gasteiger partial charge in [-0.1, -0.05) is 44.2 Å². The number of hydrogen-bond acceptors (Lipinski definition) is 7. The average molecular weight is 503 g/mol. The van der Waals surface area contributed by atoms with Gasteiger partial charge in [0.1, 0.15) is 24.2 Å². The van der Waals surface area contributed by atoms with E-state index in [1.807, 2.05) is 13.8 Å². The number of H-pyrrole nitrogens is 1. The van der Waals surface area contributed by atoms with Crippen molar-refractivity contribution in [2.45, 2.75) is 57.3 Å². The summed E-state index contributed by atoms with van der Waals surface area (Å²) < 4.78 is 0. The second-order valence-electron chi connectivity index (χ2n) is 8.91. The third-order valence-corrected chi connectivity index (χ3v) is 5.38. The van der Waals surface area contributed by atoms with Crippen LogP contribution < -0.4 is 21.7 Å². The number of carbonyl (C=O) groups is 4. The molecular formula is C24H34N6O6. The minimum absolute atomic E-state index is 0.0126. The molecule has 2 aromatic rings. The predicted molar refractivity (Wildman–Crippen MR) is 130 cm³/mol. The van der Waals surface area contributed by atoms with E-state index in [9.17, 15) is 24.3 Å². The van der Waals surface area contributed by atoms with Crippen molar-refractivity contribution in [1.29, 1.82) is 0 Å². The maximum Gasteiger partial charge on any atom is 0.326 e. The van der Waals surface area contributed by atoms with Crippen molar-refractivity contribution in [3.8, 4) is 0 Å². The molecular weight excluding hydrogens is 468 g/mol. The van der Waals surface area contributed by atoms with Gasteiger partial charge in [-0.25, -0.2) is 9.78 Å². The molecule has 12 nitrogen and oxygen atoms in total. The first-order chi connectivity index (χ1) is 17.1. The third kappa shape index (κ3) is 9.12. The fourth-order valence-corrected chi connectivity index (χ4v) is 3.48. The van der Waals surface area contributed by atoms with Gasteiger partial charge in [0.05, 0.1) is 12.9 Å². The van der Waals surface area contributed by atoms with Crippen molar-refractivity contribution < 1.29 is 29.4 Å². The highest BCUT2D eigenvalue weighted by molar-refractivity contribution is 5.94. The Bertz CT molecular complexity index is 998. The van der Waals surface area contributed by atoms with Gasteiger partial charge in [-0.3, -0.25) is 14.4 Å². The van der Waals surface area contributed by atoms with Crippen molar-refractivity contribution in [3.05, 3.63) is 54.1 Å². The van der Waals surface area contributed by atoms with E-state index in [2.05, 4.69) is 25.9 Å². The molecule has 0 saturated carbocycles. The summed E-state index contributed by atoms with van der Waals surface area (Å²) in [6.07, 6.45) is 3.18. The molecule has 0 aliphatic carbocycles. The normalized spacial score (nSPS) is 14.4. The van der Waals surface area contributed by atoms with Gasteiger partial charge in [0.25, 0.3) is 0 Å². The van der Waals surface area contributed by atoms with Crippen molar-refractivity contribution in [3.63, 3.8) is 0 Å². The number of carboxylic acids is 1. The van der Waals surface area contributed by atoms with Gasteiger partial charge in [0.15, 0.2) is 0 Å². The number of carboxylic acid groups (broad SMARTS) is 1. The number of nitrogens with one attached hydrogen (secondary N) is 4. The third-order valence-electron chi connectivity index (χ3n) is 5.38. The fraction of sp³-hybridized carbons (Fsp3) is 0.458. The monoisotopic (exact) mass is 502 g/mol. The molecule has 1 aromatic carbocycles. The highest BCUT2D eigenvalue weighted by Crippen LogP contribution is 2.09. The molecule has 3 amide bonds. The smallest absolute Gasteiger partial charge is 0.326 e. The number of aromatic nitrogens is 2. The summed E-state index contributed by atoms with van der Waals surface area (Å²) in [5.74, 6) is -3.25. The van der Waals surface area contributed by atoms with E-state index in [1.165, 1.54) is 12.5 Å². The molecule has 0 saturated heterocycles. The lowest BCUT2D eigenvalue weighted by molar-refractivity contribution is -0.142. The lowest BCUT2D eigenvalue weighted by Gasteiger charge is -2.26. The molecule has 4 unspecified atom stereocenters. The predicted octanol–water partition coefficient (Wildman–Crippen LogP) is -0.900. The van der Waals surface area contributed by atoms with E-state index in [4.69, 9.17) is 10.8 Å². The van der Waals surface area contributed by atoms with Crippen LogP contribution in [-0.2, 0) is 32.0 Å². The molecule has 1 aromatic heterocycles. The van der Waals surface area contributed by atoms with Gasteiger partial charge in [0, 0.05) is 24.7 Å². The minimum atomic E-state index is -1.26. The standard InChI is InChI=1S/C24H34N6O6/c1-14(2)8-18(28-21(32)17(25)12-31)22(33)29-19(9-15-6-4-3-5-7-15)23(34)30-20(24(35)36)10-16-11-26-13-27-16/h3-7,11,13-14,17-20,31H,8-10,12,25H2,1-2H3,(H,26,27)(H,28,32)(H,29,33)(H,30,34)(H,35,36). The molecule has 2 rings (SSSR count). The molecule has 0 aliphatic heterocycles. The van der Waals surface area contributed by atoms with E-state index in [0.717, 1.165) is 5.56 Å². The van der Waals surface area contributed by atoms with Crippen LogP contribution >= 0.6 is 0 Å². The molecule has 0 bridgehead atoms. The molecule has 1 heterocycles.